The molecule has 1 aromatic carbocycles. The van der Waals surface area contributed by atoms with E-state index in [9.17, 15) is 9.59 Å². The largest absolute Gasteiger partial charge is 0.439 e. The number of ketones is 1. The Bertz CT molecular complexity index is 1430. The first kappa shape index (κ1) is 24.0. The van der Waals surface area contributed by atoms with Crippen LogP contribution in [0.4, 0.5) is 23.3 Å². The topological polar surface area (TPSA) is 101 Å². The van der Waals surface area contributed by atoms with Gasteiger partial charge in [0.1, 0.15) is 10.5 Å². The van der Waals surface area contributed by atoms with Gasteiger partial charge in [-0.3, -0.25) is 9.59 Å². The predicted octanol–water partition coefficient (Wildman–Crippen LogP) is 4.31. The van der Waals surface area contributed by atoms with Crippen LogP contribution in [0.2, 0.25) is 0 Å². The van der Waals surface area contributed by atoms with E-state index < -0.39 is 0 Å². The number of Topliss-reactive ketones (excluding diaryl/α,β-unsaturated/α-hetero) is 1. The maximum absolute atomic E-state index is 12.7. The molecule has 186 valence electrons. The fraction of sp³-hybridized carbons (Fsp3) is 0.308. The monoisotopic (exact) mass is 505 g/mol. The third-order valence-electron chi connectivity index (χ3n) is 6.05. The number of hydrogen-bond acceptors (Lipinski definition) is 10. The number of morpholine rings is 1. The highest BCUT2D eigenvalue weighted by Crippen LogP contribution is 2.35. The van der Waals surface area contributed by atoms with Crippen molar-refractivity contribution in [3.05, 3.63) is 58.2 Å². The smallest absolute Gasteiger partial charge is 0.229 e. The number of carbonyl (C=O) groups is 1. The molecule has 4 heterocycles. The third kappa shape index (κ3) is 5.09. The summed E-state index contributed by atoms with van der Waals surface area (Å²) in [6, 6.07) is 11.2. The second kappa shape index (κ2) is 10.5. The zero-order valence-corrected chi connectivity index (χ0v) is 21.0. The van der Waals surface area contributed by atoms with Gasteiger partial charge < -0.3 is 24.3 Å². The van der Waals surface area contributed by atoms with Crippen molar-refractivity contribution in [2.24, 2.45) is 0 Å². The van der Waals surface area contributed by atoms with Gasteiger partial charge >= 0.3 is 0 Å². The summed E-state index contributed by atoms with van der Waals surface area (Å²) < 4.78 is 12.3. The number of anilines is 4. The zero-order valence-electron chi connectivity index (χ0n) is 20.2. The lowest BCUT2D eigenvalue weighted by Gasteiger charge is -2.27. The summed E-state index contributed by atoms with van der Waals surface area (Å²) in [6.45, 7) is 4.78. The van der Waals surface area contributed by atoms with Crippen LogP contribution in [0.3, 0.4) is 0 Å². The summed E-state index contributed by atoms with van der Waals surface area (Å²) in [6.07, 6.45) is 2.15. The molecule has 0 atom stereocenters. The van der Waals surface area contributed by atoms with E-state index in [1.54, 1.807) is 18.3 Å². The highest BCUT2D eigenvalue weighted by molar-refractivity contribution is 7.17. The first-order chi connectivity index (χ1) is 17.5. The predicted molar refractivity (Wildman–Crippen MR) is 143 cm³/mol. The Morgan fingerprint density at radius 1 is 1.19 bits per heavy atom. The fourth-order valence-electron chi connectivity index (χ4n) is 4.01. The van der Waals surface area contributed by atoms with Gasteiger partial charge in [0.25, 0.3) is 0 Å². The van der Waals surface area contributed by atoms with Gasteiger partial charge in [0.05, 0.1) is 19.8 Å². The molecule has 0 bridgehead atoms. The maximum atomic E-state index is 12.7. The molecule has 5 rings (SSSR count). The number of thiophene rings is 1. The molecule has 0 amide bonds. The van der Waals surface area contributed by atoms with Gasteiger partial charge in [0.15, 0.2) is 17.3 Å². The van der Waals surface area contributed by atoms with Crippen molar-refractivity contribution >= 4 is 50.7 Å². The number of ether oxygens (including phenoxy) is 1. The van der Waals surface area contributed by atoms with Gasteiger partial charge in [-0.1, -0.05) is 19.1 Å². The Morgan fingerprint density at radius 3 is 2.72 bits per heavy atom. The zero-order chi connectivity index (χ0) is 25.1. The maximum Gasteiger partial charge on any atom is 0.229 e. The summed E-state index contributed by atoms with van der Waals surface area (Å²) in [5.41, 5.74) is 3.22. The van der Waals surface area contributed by atoms with Crippen LogP contribution in [0.1, 0.15) is 13.3 Å². The van der Waals surface area contributed by atoms with E-state index >= 15 is 0 Å². The van der Waals surface area contributed by atoms with E-state index in [4.69, 9.17) is 9.15 Å². The molecule has 4 aromatic rings. The highest BCUT2D eigenvalue weighted by atomic mass is 32.1. The van der Waals surface area contributed by atoms with Crippen LogP contribution in [0.15, 0.2) is 57.2 Å². The number of fused-ring (bicyclic) bond motifs is 1. The first-order valence-electron chi connectivity index (χ1n) is 11.8. The molecule has 3 aromatic heterocycles. The van der Waals surface area contributed by atoms with Gasteiger partial charge in [0, 0.05) is 55.5 Å². The quantitative estimate of drug-likeness (QED) is 0.375. The summed E-state index contributed by atoms with van der Waals surface area (Å²) >= 11 is 1.39. The standard InChI is InChI=1S/C26H27N5O4S/c1-3-19(32)15-30(2)22-8-9-27-26(29-22)28-18-6-4-17(5-7-18)20-16-36-25-21(33)14-23(35-24(20)25)31-10-12-34-13-11-31/h4-9,14,16H,3,10-13,15H2,1-2H3,(H,27,28,29). The van der Waals surface area contributed by atoms with E-state index in [1.807, 2.05) is 53.4 Å². The lowest BCUT2D eigenvalue weighted by molar-refractivity contribution is -0.117. The van der Waals surface area contributed by atoms with Crippen LogP contribution in [0, 0.1) is 0 Å². The lowest BCUT2D eigenvalue weighted by Crippen LogP contribution is -2.36. The van der Waals surface area contributed by atoms with Crippen LogP contribution in [-0.2, 0) is 9.53 Å². The van der Waals surface area contributed by atoms with Crippen molar-refractivity contribution in [1.82, 2.24) is 9.97 Å². The van der Waals surface area contributed by atoms with E-state index in [0.717, 1.165) is 16.8 Å². The lowest BCUT2D eigenvalue weighted by atomic mass is 10.1. The highest BCUT2D eigenvalue weighted by Gasteiger charge is 2.18. The van der Waals surface area contributed by atoms with Gasteiger partial charge in [0.2, 0.25) is 11.4 Å². The molecule has 0 aliphatic carbocycles. The number of rotatable bonds is 8. The summed E-state index contributed by atoms with van der Waals surface area (Å²) in [7, 11) is 1.84. The molecule has 36 heavy (non-hydrogen) atoms. The van der Waals surface area contributed by atoms with Crippen molar-refractivity contribution in [2.45, 2.75) is 13.3 Å². The SMILES string of the molecule is CCC(=O)CN(C)c1ccnc(Nc2ccc(-c3csc4c(=O)cc(N5CCOCC5)oc34)cc2)n1. The molecule has 1 aliphatic rings. The van der Waals surface area contributed by atoms with Crippen molar-refractivity contribution in [3.63, 3.8) is 0 Å². The Labute approximate surface area is 212 Å². The van der Waals surface area contributed by atoms with E-state index in [2.05, 4.69) is 15.3 Å². The molecule has 0 unspecified atom stereocenters. The van der Waals surface area contributed by atoms with Crippen LogP contribution in [0.5, 0.6) is 0 Å². The number of nitrogens with zero attached hydrogens (tertiary/aromatic N) is 4. The molecule has 9 nitrogen and oxygen atoms in total. The molecular weight excluding hydrogens is 478 g/mol. The Morgan fingerprint density at radius 2 is 1.97 bits per heavy atom. The summed E-state index contributed by atoms with van der Waals surface area (Å²) in [5, 5.41) is 5.17. The minimum absolute atomic E-state index is 0.0325. The van der Waals surface area contributed by atoms with Crippen LogP contribution in [0.25, 0.3) is 21.4 Å². The molecule has 1 saturated heterocycles. The van der Waals surface area contributed by atoms with Gasteiger partial charge in [-0.05, 0) is 23.8 Å². The van der Waals surface area contributed by atoms with Gasteiger partial charge in [-0.25, -0.2) is 4.98 Å². The number of nitrogens with one attached hydrogen (secondary N) is 1. The Balaban J connectivity index is 1.36. The second-order valence-corrected chi connectivity index (χ2v) is 9.42. The molecular formula is C26H27N5O4S. The number of aromatic nitrogens is 2. The molecule has 1 fully saturated rings. The molecule has 1 N–H and O–H groups in total. The van der Waals surface area contributed by atoms with Crippen molar-refractivity contribution in [1.29, 1.82) is 0 Å². The van der Waals surface area contributed by atoms with Gasteiger partial charge in [-0.15, -0.1) is 11.3 Å². The van der Waals surface area contributed by atoms with Crippen LogP contribution < -0.4 is 20.5 Å². The minimum Gasteiger partial charge on any atom is -0.439 e. The fourth-order valence-corrected chi connectivity index (χ4v) is 4.92. The molecule has 10 heteroatoms. The normalized spacial score (nSPS) is 13.7. The molecule has 1 aliphatic heterocycles. The molecule has 0 saturated carbocycles. The first-order valence-corrected chi connectivity index (χ1v) is 12.7. The van der Waals surface area contributed by atoms with Crippen molar-refractivity contribution in [3.8, 4) is 11.1 Å². The van der Waals surface area contributed by atoms with E-state index in [0.29, 0.717) is 67.2 Å². The third-order valence-corrected chi connectivity index (χ3v) is 7.02. The summed E-state index contributed by atoms with van der Waals surface area (Å²) in [4.78, 5) is 37.2. The average Bonchev–Trinajstić information content (AvgIpc) is 3.34. The molecule has 0 spiro atoms. The number of benzene rings is 1. The Kier molecular flexibility index (Phi) is 6.97. The number of carbonyl (C=O) groups excluding carboxylic acids is 1. The average molecular weight is 506 g/mol. The van der Waals surface area contributed by atoms with E-state index in [-0.39, 0.29) is 11.2 Å². The van der Waals surface area contributed by atoms with Crippen LogP contribution >= 0.6 is 11.3 Å². The minimum atomic E-state index is -0.0325. The van der Waals surface area contributed by atoms with Crippen molar-refractivity contribution in [2.75, 3.05) is 55.0 Å². The van der Waals surface area contributed by atoms with Crippen molar-refractivity contribution < 1.29 is 13.9 Å². The molecule has 0 radical (unpaired) electrons. The summed E-state index contributed by atoms with van der Waals surface area (Å²) in [5.74, 6) is 1.84. The second-order valence-electron chi connectivity index (χ2n) is 8.55. The van der Waals surface area contributed by atoms with Crippen LogP contribution in [-0.4, -0.2) is 55.6 Å². The van der Waals surface area contributed by atoms with Gasteiger partial charge in [-0.2, -0.15) is 4.98 Å². The van der Waals surface area contributed by atoms with E-state index in [1.165, 1.54) is 11.3 Å². The number of likely N-dealkylation sites (N-methyl/N-ethyl adjacent to an activating group) is 1. The number of hydrogen-bond donors (Lipinski definition) is 1. The Hall–Kier alpha value is -3.76.